The number of rotatable bonds is 7. The molecule has 1 heterocycles. The molecule has 4 rings (SSSR count). The first-order valence-electron chi connectivity index (χ1n) is 11.0. The van der Waals surface area contributed by atoms with E-state index in [0.717, 1.165) is 0 Å². The summed E-state index contributed by atoms with van der Waals surface area (Å²) in [6.07, 6.45) is 1.14. The van der Waals surface area contributed by atoms with Gasteiger partial charge in [0.25, 0.3) is 0 Å². The van der Waals surface area contributed by atoms with Crippen LogP contribution >= 0.6 is 34.8 Å². The number of nitrogens with one attached hydrogen (secondary N) is 1. The zero-order valence-electron chi connectivity index (χ0n) is 18.6. The van der Waals surface area contributed by atoms with Crippen LogP contribution in [0.4, 0.5) is 5.69 Å². The van der Waals surface area contributed by atoms with Gasteiger partial charge in [0.2, 0.25) is 15.9 Å². The predicted molar refractivity (Wildman–Crippen MR) is 140 cm³/mol. The smallest absolute Gasteiger partial charge is 0.228 e. The number of amides is 1. The quantitative estimate of drug-likeness (QED) is 0.357. The van der Waals surface area contributed by atoms with Crippen molar-refractivity contribution in [2.75, 3.05) is 18.4 Å². The van der Waals surface area contributed by atoms with E-state index >= 15 is 0 Å². The molecule has 184 valence electrons. The summed E-state index contributed by atoms with van der Waals surface area (Å²) in [6, 6.07) is 18.9. The number of halogens is 3. The Labute approximate surface area is 219 Å². The summed E-state index contributed by atoms with van der Waals surface area (Å²) in [5, 5.41) is 3.97. The second-order valence-electron chi connectivity index (χ2n) is 8.25. The predicted octanol–water partition coefficient (Wildman–Crippen LogP) is 6.62. The van der Waals surface area contributed by atoms with Crippen molar-refractivity contribution >= 4 is 56.4 Å². The Hall–Kier alpha value is -2.29. The molecule has 1 aliphatic rings. The number of piperidine rings is 1. The van der Waals surface area contributed by atoms with Crippen LogP contribution in [0, 0.1) is 5.92 Å². The van der Waals surface area contributed by atoms with E-state index in [1.54, 1.807) is 48.5 Å². The third-order valence-corrected chi connectivity index (χ3v) is 8.44. The van der Waals surface area contributed by atoms with Gasteiger partial charge in [0.05, 0.1) is 27.4 Å². The van der Waals surface area contributed by atoms with Crippen LogP contribution in [-0.2, 0) is 20.6 Å². The Morgan fingerprint density at radius 1 is 1.00 bits per heavy atom. The molecule has 1 amide bonds. The number of carbonyl (C=O) groups is 1. The van der Waals surface area contributed by atoms with E-state index in [1.807, 2.05) is 18.2 Å². The molecule has 10 heteroatoms. The van der Waals surface area contributed by atoms with Gasteiger partial charge in [0, 0.05) is 18.1 Å². The van der Waals surface area contributed by atoms with Crippen molar-refractivity contribution in [3.05, 3.63) is 87.4 Å². The summed E-state index contributed by atoms with van der Waals surface area (Å²) in [5.41, 5.74) is 0.953. The van der Waals surface area contributed by atoms with Gasteiger partial charge in [-0.1, -0.05) is 59.1 Å². The second kappa shape index (κ2) is 11.2. The minimum Gasteiger partial charge on any atom is -0.455 e. The third-order valence-electron chi connectivity index (χ3n) is 5.65. The highest BCUT2D eigenvalue weighted by atomic mass is 35.5. The summed E-state index contributed by atoms with van der Waals surface area (Å²) < 4.78 is 33.4. The van der Waals surface area contributed by atoms with Crippen molar-refractivity contribution in [2.45, 2.75) is 18.6 Å². The molecule has 0 bridgehead atoms. The summed E-state index contributed by atoms with van der Waals surface area (Å²) >= 11 is 18.1. The SMILES string of the molecule is O=C(Nc1cc(Cl)ccc1Oc1ccccc1)C1CCCN(S(=O)(=O)Cc2ccc(Cl)c(Cl)c2)C1. The van der Waals surface area contributed by atoms with E-state index in [-0.39, 0.29) is 18.2 Å². The molecule has 1 atom stereocenters. The fraction of sp³-hybridized carbons (Fsp3) is 0.240. The van der Waals surface area contributed by atoms with Gasteiger partial charge >= 0.3 is 0 Å². The van der Waals surface area contributed by atoms with Crippen molar-refractivity contribution in [1.29, 1.82) is 0 Å². The minimum atomic E-state index is -3.66. The van der Waals surface area contributed by atoms with Gasteiger partial charge in [-0.3, -0.25) is 4.79 Å². The number of hydrogen-bond acceptors (Lipinski definition) is 4. The first kappa shape index (κ1) is 25.8. The van der Waals surface area contributed by atoms with Gasteiger partial charge in [-0.05, 0) is 60.9 Å². The summed E-state index contributed by atoms with van der Waals surface area (Å²) in [4.78, 5) is 13.1. The normalized spacial score (nSPS) is 16.6. The largest absolute Gasteiger partial charge is 0.455 e. The van der Waals surface area contributed by atoms with Crippen LogP contribution in [0.25, 0.3) is 0 Å². The first-order chi connectivity index (χ1) is 16.7. The van der Waals surface area contributed by atoms with Crippen molar-refractivity contribution < 1.29 is 17.9 Å². The number of para-hydroxylation sites is 1. The zero-order chi connectivity index (χ0) is 25.0. The van der Waals surface area contributed by atoms with Crippen LogP contribution in [0.2, 0.25) is 15.1 Å². The van der Waals surface area contributed by atoms with Gasteiger partial charge in [-0.25, -0.2) is 12.7 Å². The van der Waals surface area contributed by atoms with Crippen LogP contribution in [0.3, 0.4) is 0 Å². The lowest BCUT2D eigenvalue weighted by atomic mass is 9.98. The Bertz CT molecular complexity index is 1320. The molecular formula is C25H23Cl3N2O4S. The topological polar surface area (TPSA) is 75.7 Å². The fourth-order valence-corrected chi connectivity index (χ4v) is 5.97. The monoisotopic (exact) mass is 552 g/mol. The lowest BCUT2D eigenvalue weighted by Gasteiger charge is -2.31. The molecule has 3 aromatic rings. The number of benzene rings is 3. The average molecular weight is 554 g/mol. The van der Waals surface area contributed by atoms with Crippen molar-refractivity contribution in [1.82, 2.24) is 4.31 Å². The highest BCUT2D eigenvalue weighted by Crippen LogP contribution is 2.33. The molecule has 1 aliphatic heterocycles. The molecular weight excluding hydrogens is 531 g/mol. The molecule has 3 aromatic carbocycles. The van der Waals surface area contributed by atoms with E-state index in [2.05, 4.69) is 5.32 Å². The third kappa shape index (κ3) is 6.68. The molecule has 0 aliphatic carbocycles. The number of hydrogen-bond donors (Lipinski definition) is 1. The van der Waals surface area contributed by atoms with Gasteiger partial charge in [0.15, 0.2) is 5.75 Å². The van der Waals surface area contributed by atoms with Gasteiger partial charge < -0.3 is 10.1 Å². The molecule has 35 heavy (non-hydrogen) atoms. The molecule has 1 unspecified atom stereocenters. The molecule has 1 fully saturated rings. The number of anilines is 1. The standard InChI is InChI=1S/C25H23Cl3N2O4S/c26-19-9-11-24(34-20-6-2-1-3-7-20)23(14-19)29-25(31)18-5-4-12-30(15-18)35(32,33)16-17-8-10-21(27)22(28)13-17/h1-3,6-11,13-14,18H,4-5,12,15-16H2,(H,29,31). The molecule has 0 aromatic heterocycles. The van der Waals surface area contributed by atoms with Crippen molar-refractivity contribution in [2.24, 2.45) is 5.92 Å². The Morgan fingerprint density at radius 3 is 2.51 bits per heavy atom. The molecule has 1 saturated heterocycles. The van der Waals surface area contributed by atoms with Crippen LogP contribution < -0.4 is 10.1 Å². The van der Waals surface area contributed by atoms with Crippen molar-refractivity contribution in [3.8, 4) is 11.5 Å². The summed E-state index contributed by atoms with van der Waals surface area (Å²) in [7, 11) is -3.66. The van der Waals surface area contributed by atoms with E-state index in [4.69, 9.17) is 39.5 Å². The Morgan fingerprint density at radius 2 is 1.77 bits per heavy atom. The van der Waals surface area contributed by atoms with Crippen LogP contribution in [0.5, 0.6) is 11.5 Å². The maximum Gasteiger partial charge on any atom is 0.228 e. The summed E-state index contributed by atoms with van der Waals surface area (Å²) in [5.74, 6) is 0.0219. The molecule has 6 nitrogen and oxygen atoms in total. The van der Waals surface area contributed by atoms with Crippen molar-refractivity contribution in [3.63, 3.8) is 0 Å². The zero-order valence-corrected chi connectivity index (χ0v) is 21.7. The lowest BCUT2D eigenvalue weighted by molar-refractivity contribution is -0.120. The highest BCUT2D eigenvalue weighted by Gasteiger charge is 2.33. The lowest BCUT2D eigenvalue weighted by Crippen LogP contribution is -2.44. The van der Waals surface area contributed by atoms with E-state index in [1.165, 1.54) is 4.31 Å². The second-order valence-corrected chi connectivity index (χ2v) is 11.5. The fourth-order valence-electron chi connectivity index (χ4n) is 3.88. The number of nitrogens with zero attached hydrogens (tertiary/aromatic N) is 1. The Kier molecular flexibility index (Phi) is 8.24. The highest BCUT2D eigenvalue weighted by molar-refractivity contribution is 7.88. The Balaban J connectivity index is 1.46. The van der Waals surface area contributed by atoms with Crippen LogP contribution in [0.1, 0.15) is 18.4 Å². The number of ether oxygens (including phenoxy) is 1. The molecule has 0 saturated carbocycles. The summed E-state index contributed by atoms with van der Waals surface area (Å²) in [6.45, 7) is 0.442. The average Bonchev–Trinajstić information content (AvgIpc) is 2.84. The molecule has 0 radical (unpaired) electrons. The van der Waals surface area contributed by atoms with Gasteiger partial charge in [-0.2, -0.15) is 0 Å². The minimum absolute atomic E-state index is 0.0882. The number of carbonyl (C=O) groups excluding carboxylic acids is 1. The van der Waals surface area contributed by atoms with Gasteiger partial charge in [0.1, 0.15) is 5.75 Å². The number of sulfonamides is 1. The van der Waals surface area contributed by atoms with Crippen LogP contribution in [-0.4, -0.2) is 31.7 Å². The van der Waals surface area contributed by atoms with E-state index < -0.39 is 15.9 Å². The first-order valence-corrected chi connectivity index (χ1v) is 13.7. The van der Waals surface area contributed by atoms with E-state index in [9.17, 15) is 13.2 Å². The maximum absolute atomic E-state index is 13.1. The van der Waals surface area contributed by atoms with E-state index in [0.29, 0.717) is 57.2 Å². The van der Waals surface area contributed by atoms with Gasteiger partial charge in [-0.15, -0.1) is 0 Å². The molecule has 1 N–H and O–H groups in total. The molecule has 0 spiro atoms. The maximum atomic E-state index is 13.1. The van der Waals surface area contributed by atoms with Crippen LogP contribution in [0.15, 0.2) is 66.7 Å².